The van der Waals surface area contributed by atoms with Gasteiger partial charge in [-0.05, 0) is 48.3 Å². The SMILES string of the molecule is CC(C)(N)CCC(=O)c1cccc(Br)c1F. The Balaban J connectivity index is 2.78. The molecule has 0 bridgehead atoms. The fourth-order valence-corrected chi connectivity index (χ4v) is 1.66. The molecule has 0 unspecified atom stereocenters. The Morgan fingerprint density at radius 2 is 2.12 bits per heavy atom. The van der Waals surface area contributed by atoms with Crippen LogP contribution in [0.2, 0.25) is 0 Å². The van der Waals surface area contributed by atoms with Crippen LogP contribution in [0.4, 0.5) is 4.39 Å². The number of carbonyl (C=O) groups excluding carboxylic acids is 1. The van der Waals surface area contributed by atoms with E-state index in [1.165, 1.54) is 6.07 Å². The standard InChI is InChI=1S/C12H15BrFNO/c1-12(2,15)7-6-10(16)8-4-3-5-9(13)11(8)14/h3-5H,6-7,15H2,1-2H3. The van der Waals surface area contributed by atoms with Gasteiger partial charge in [-0.2, -0.15) is 0 Å². The number of halogens is 2. The number of ketones is 1. The average molecular weight is 288 g/mol. The van der Waals surface area contributed by atoms with Gasteiger partial charge in [0.1, 0.15) is 5.82 Å². The first-order chi connectivity index (χ1) is 7.31. The van der Waals surface area contributed by atoms with Crippen molar-refractivity contribution in [2.45, 2.75) is 32.2 Å². The zero-order chi connectivity index (χ0) is 12.3. The molecular weight excluding hydrogens is 273 g/mol. The lowest BCUT2D eigenvalue weighted by Gasteiger charge is -2.17. The number of carbonyl (C=O) groups is 1. The first kappa shape index (κ1) is 13.3. The Labute approximate surface area is 103 Å². The van der Waals surface area contributed by atoms with Crippen molar-refractivity contribution in [2.24, 2.45) is 5.73 Å². The summed E-state index contributed by atoms with van der Waals surface area (Å²) in [5.41, 5.74) is 5.49. The molecule has 0 heterocycles. The number of rotatable bonds is 4. The van der Waals surface area contributed by atoms with E-state index in [9.17, 15) is 9.18 Å². The molecule has 0 saturated carbocycles. The van der Waals surface area contributed by atoms with E-state index in [0.29, 0.717) is 10.9 Å². The molecule has 2 N–H and O–H groups in total. The molecule has 0 saturated heterocycles. The number of hydrogen-bond donors (Lipinski definition) is 1. The second-order valence-corrected chi connectivity index (χ2v) is 5.37. The summed E-state index contributed by atoms with van der Waals surface area (Å²) in [6.45, 7) is 3.69. The molecule has 0 aromatic heterocycles. The van der Waals surface area contributed by atoms with Gasteiger partial charge in [0, 0.05) is 12.0 Å². The van der Waals surface area contributed by atoms with Crippen molar-refractivity contribution >= 4 is 21.7 Å². The maximum atomic E-state index is 13.6. The van der Waals surface area contributed by atoms with E-state index in [1.807, 2.05) is 13.8 Å². The molecule has 0 radical (unpaired) electrons. The molecule has 0 aliphatic heterocycles. The Bertz CT molecular complexity index is 398. The van der Waals surface area contributed by atoms with Gasteiger partial charge in [-0.25, -0.2) is 4.39 Å². The summed E-state index contributed by atoms with van der Waals surface area (Å²) in [6, 6.07) is 4.71. The van der Waals surface area contributed by atoms with E-state index in [4.69, 9.17) is 5.73 Å². The lowest BCUT2D eigenvalue weighted by Crippen LogP contribution is -2.32. The highest BCUT2D eigenvalue weighted by Crippen LogP contribution is 2.21. The summed E-state index contributed by atoms with van der Waals surface area (Å²) < 4.78 is 13.9. The van der Waals surface area contributed by atoms with E-state index in [-0.39, 0.29) is 17.8 Å². The Hall–Kier alpha value is -0.740. The van der Waals surface area contributed by atoms with Crippen LogP contribution in [0, 0.1) is 5.82 Å². The first-order valence-corrected chi connectivity index (χ1v) is 5.86. The minimum absolute atomic E-state index is 0.124. The van der Waals surface area contributed by atoms with Crippen molar-refractivity contribution in [3.8, 4) is 0 Å². The lowest BCUT2D eigenvalue weighted by atomic mass is 9.96. The predicted molar refractivity (Wildman–Crippen MR) is 65.9 cm³/mol. The minimum atomic E-state index is -0.498. The molecule has 0 aliphatic rings. The largest absolute Gasteiger partial charge is 0.326 e. The molecular formula is C12H15BrFNO. The van der Waals surface area contributed by atoms with Crippen molar-refractivity contribution < 1.29 is 9.18 Å². The third-order valence-corrected chi connectivity index (χ3v) is 2.86. The number of benzene rings is 1. The zero-order valence-electron chi connectivity index (χ0n) is 9.39. The van der Waals surface area contributed by atoms with Crippen molar-refractivity contribution in [2.75, 3.05) is 0 Å². The summed E-state index contributed by atoms with van der Waals surface area (Å²) in [5.74, 6) is -0.709. The monoisotopic (exact) mass is 287 g/mol. The molecule has 0 fully saturated rings. The Morgan fingerprint density at radius 1 is 1.50 bits per heavy atom. The lowest BCUT2D eigenvalue weighted by molar-refractivity contribution is 0.0968. The summed E-state index contributed by atoms with van der Waals surface area (Å²) in [6.07, 6.45) is 0.800. The number of nitrogens with two attached hydrogens (primary N) is 1. The van der Waals surface area contributed by atoms with Gasteiger partial charge in [0.15, 0.2) is 5.78 Å². The molecule has 88 valence electrons. The number of hydrogen-bond acceptors (Lipinski definition) is 2. The van der Waals surface area contributed by atoms with Crippen molar-refractivity contribution in [1.29, 1.82) is 0 Å². The van der Waals surface area contributed by atoms with Gasteiger partial charge in [-0.15, -0.1) is 0 Å². The van der Waals surface area contributed by atoms with E-state index in [2.05, 4.69) is 15.9 Å². The van der Waals surface area contributed by atoms with Crippen molar-refractivity contribution in [1.82, 2.24) is 0 Å². The van der Waals surface area contributed by atoms with Gasteiger partial charge in [-0.3, -0.25) is 4.79 Å². The van der Waals surface area contributed by atoms with Crippen LogP contribution in [0.5, 0.6) is 0 Å². The predicted octanol–water partition coefficient (Wildman–Crippen LogP) is 3.29. The highest BCUT2D eigenvalue weighted by molar-refractivity contribution is 9.10. The molecule has 2 nitrogen and oxygen atoms in total. The fraction of sp³-hybridized carbons (Fsp3) is 0.417. The fourth-order valence-electron chi connectivity index (χ4n) is 1.29. The highest BCUT2D eigenvalue weighted by atomic mass is 79.9. The van der Waals surface area contributed by atoms with Crippen LogP contribution in [0.15, 0.2) is 22.7 Å². The second-order valence-electron chi connectivity index (χ2n) is 4.51. The first-order valence-electron chi connectivity index (χ1n) is 5.07. The van der Waals surface area contributed by atoms with Gasteiger partial charge in [0.2, 0.25) is 0 Å². The van der Waals surface area contributed by atoms with Crippen LogP contribution in [0.25, 0.3) is 0 Å². The molecule has 1 aromatic carbocycles. The van der Waals surface area contributed by atoms with Gasteiger partial charge >= 0.3 is 0 Å². The van der Waals surface area contributed by atoms with Crippen LogP contribution >= 0.6 is 15.9 Å². The second kappa shape index (κ2) is 5.06. The van der Waals surface area contributed by atoms with Gasteiger partial charge in [0.25, 0.3) is 0 Å². The summed E-state index contributed by atoms with van der Waals surface area (Å²) in [7, 11) is 0. The van der Waals surface area contributed by atoms with Crippen LogP contribution < -0.4 is 5.73 Å². The maximum Gasteiger partial charge on any atom is 0.165 e. The van der Waals surface area contributed by atoms with E-state index in [0.717, 1.165) is 0 Å². The van der Waals surface area contributed by atoms with Crippen LogP contribution in [0.3, 0.4) is 0 Å². The average Bonchev–Trinajstić information content (AvgIpc) is 2.17. The van der Waals surface area contributed by atoms with Crippen molar-refractivity contribution in [3.05, 3.63) is 34.1 Å². The molecule has 4 heteroatoms. The Morgan fingerprint density at radius 3 is 2.69 bits per heavy atom. The highest BCUT2D eigenvalue weighted by Gasteiger charge is 2.17. The molecule has 1 aromatic rings. The summed E-state index contributed by atoms with van der Waals surface area (Å²) in [4.78, 5) is 11.7. The van der Waals surface area contributed by atoms with Gasteiger partial charge in [-0.1, -0.05) is 6.07 Å². The molecule has 1 rings (SSSR count). The third-order valence-electron chi connectivity index (χ3n) is 2.25. The molecule has 0 spiro atoms. The van der Waals surface area contributed by atoms with Gasteiger partial charge < -0.3 is 5.73 Å². The minimum Gasteiger partial charge on any atom is -0.326 e. The quantitative estimate of drug-likeness (QED) is 0.864. The zero-order valence-corrected chi connectivity index (χ0v) is 11.0. The summed E-state index contributed by atoms with van der Waals surface area (Å²) >= 11 is 3.05. The third kappa shape index (κ3) is 3.68. The van der Waals surface area contributed by atoms with E-state index in [1.54, 1.807) is 12.1 Å². The molecule has 16 heavy (non-hydrogen) atoms. The van der Waals surface area contributed by atoms with E-state index < -0.39 is 11.4 Å². The van der Waals surface area contributed by atoms with Crippen molar-refractivity contribution in [3.63, 3.8) is 0 Å². The smallest absolute Gasteiger partial charge is 0.165 e. The molecule has 0 atom stereocenters. The molecule has 0 amide bonds. The molecule has 0 aliphatic carbocycles. The normalized spacial score (nSPS) is 11.6. The van der Waals surface area contributed by atoms with Crippen LogP contribution in [-0.4, -0.2) is 11.3 Å². The Kier molecular flexibility index (Phi) is 4.21. The topological polar surface area (TPSA) is 43.1 Å². The van der Waals surface area contributed by atoms with E-state index >= 15 is 0 Å². The van der Waals surface area contributed by atoms with Crippen LogP contribution in [-0.2, 0) is 0 Å². The number of Topliss-reactive ketones (excluding diaryl/α,β-unsaturated/α-hetero) is 1. The van der Waals surface area contributed by atoms with Crippen LogP contribution in [0.1, 0.15) is 37.0 Å². The maximum absolute atomic E-state index is 13.6. The van der Waals surface area contributed by atoms with Gasteiger partial charge in [0.05, 0.1) is 10.0 Å². The summed E-state index contributed by atoms with van der Waals surface area (Å²) in [5, 5.41) is 0.